The largest absolute Gasteiger partial charge is 0.368 e. The summed E-state index contributed by atoms with van der Waals surface area (Å²) >= 11 is 5.97. The van der Waals surface area contributed by atoms with Crippen molar-refractivity contribution in [3.8, 4) is 0 Å². The molecule has 18 heavy (non-hydrogen) atoms. The molecule has 0 radical (unpaired) electrons. The van der Waals surface area contributed by atoms with Crippen LogP contribution < -0.4 is 5.73 Å². The molecule has 0 aliphatic rings. The van der Waals surface area contributed by atoms with E-state index >= 15 is 0 Å². The van der Waals surface area contributed by atoms with E-state index in [1.54, 1.807) is 0 Å². The van der Waals surface area contributed by atoms with Crippen LogP contribution in [0.4, 0.5) is 0 Å². The molecular weight excluding hydrogens is 246 g/mol. The zero-order valence-corrected chi connectivity index (χ0v) is 10.8. The summed E-state index contributed by atoms with van der Waals surface area (Å²) in [6, 6.07) is 17.7. The fourth-order valence-electron chi connectivity index (χ4n) is 1.78. The standard InChI is InChI=1S/C15H16ClNO/c16-14-8-4-7-13(9-14)15(10-17)18-11-12-5-2-1-3-6-12/h1-9,15H,10-11,17H2/t15-/m0/s1. The van der Waals surface area contributed by atoms with Crippen LogP contribution in [0.25, 0.3) is 0 Å². The number of hydrogen-bond donors (Lipinski definition) is 1. The zero-order valence-electron chi connectivity index (χ0n) is 10.1. The normalized spacial score (nSPS) is 12.3. The predicted molar refractivity (Wildman–Crippen MR) is 74.5 cm³/mol. The minimum atomic E-state index is -0.121. The average Bonchev–Trinajstić information content (AvgIpc) is 2.41. The van der Waals surface area contributed by atoms with E-state index in [0.717, 1.165) is 11.1 Å². The Balaban J connectivity index is 2.02. The number of ether oxygens (including phenoxy) is 1. The van der Waals surface area contributed by atoms with E-state index < -0.39 is 0 Å². The molecule has 2 nitrogen and oxygen atoms in total. The third-order valence-electron chi connectivity index (χ3n) is 2.73. The van der Waals surface area contributed by atoms with Gasteiger partial charge in [0, 0.05) is 11.6 Å². The molecule has 0 aliphatic carbocycles. The fraction of sp³-hybridized carbons (Fsp3) is 0.200. The second-order valence-corrected chi connectivity index (χ2v) is 4.51. The Bertz CT molecular complexity index is 487. The van der Waals surface area contributed by atoms with Crippen LogP contribution in [0.1, 0.15) is 17.2 Å². The lowest BCUT2D eigenvalue weighted by Crippen LogP contribution is -2.15. The van der Waals surface area contributed by atoms with Gasteiger partial charge in [0.1, 0.15) is 0 Å². The van der Waals surface area contributed by atoms with Gasteiger partial charge in [0.25, 0.3) is 0 Å². The maximum atomic E-state index is 5.97. The Labute approximate surface area is 112 Å². The Kier molecular flexibility index (Phi) is 4.76. The fourth-order valence-corrected chi connectivity index (χ4v) is 1.98. The molecule has 0 spiro atoms. The Morgan fingerprint density at radius 2 is 1.83 bits per heavy atom. The number of hydrogen-bond acceptors (Lipinski definition) is 2. The van der Waals surface area contributed by atoms with Crippen LogP contribution in [0.15, 0.2) is 54.6 Å². The molecule has 0 aliphatic heterocycles. The van der Waals surface area contributed by atoms with Crippen molar-refractivity contribution in [1.82, 2.24) is 0 Å². The first kappa shape index (κ1) is 13.1. The minimum Gasteiger partial charge on any atom is -0.368 e. The van der Waals surface area contributed by atoms with Gasteiger partial charge in [0.2, 0.25) is 0 Å². The lowest BCUT2D eigenvalue weighted by molar-refractivity contribution is 0.0456. The van der Waals surface area contributed by atoms with Crippen LogP contribution in [0.2, 0.25) is 5.02 Å². The van der Waals surface area contributed by atoms with E-state index in [-0.39, 0.29) is 6.10 Å². The zero-order chi connectivity index (χ0) is 12.8. The molecule has 2 aromatic rings. The monoisotopic (exact) mass is 261 g/mol. The van der Waals surface area contributed by atoms with Crippen molar-refractivity contribution in [2.75, 3.05) is 6.54 Å². The van der Waals surface area contributed by atoms with Crippen molar-refractivity contribution in [3.05, 3.63) is 70.7 Å². The summed E-state index contributed by atoms with van der Waals surface area (Å²) in [5.41, 5.74) is 7.90. The van der Waals surface area contributed by atoms with Gasteiger partial charge >= 0.3 is 0 Å². The van der Waals surface area contributed by atoms with E-state index in [1.807, 2.05) is 54.6 Å². The summed E-state index contributed by atoms with van der Waals surface area (Å²) in [6.07, 6.45) is -0.121. The molecule has 0 fully saturated rings. The van der Waals surface area contributed by atoms with Gasteiger partial charge in [-0.05, 0) is 23.3 Å². The highest BCUT2D eigenvalue weighted by Crippen LogP contribution is 2.21. The van der Waals surface area contributed by atoms with Gasteiger partial charge in [-0.3, -0.25) is 0 Å². The maximum Gasteiger partial charge on any atom is 0.0952 e. The molecule has 0 amide bonds. The molecule has 94 valence electrons. The molecule has 3 heteroatoms. The SMILES string of the molecule is NC[C@H](OCc1ccccc1)c1cccc(Cl)c1. The number of halogens is 1. The Morgan fingerprint density at radius 3 is 2.50 bits per heavy atom. The molecule has 0 unspecified atom stereocenters. The first-order valence-corrected chi connectivity index (χ1v) is 6.28. The molecule has 0 saturated carbocycles. The Hall–Kier alpha value is -1.35. The van der Waals surface area contributed by atoms with Crippen LogP contribution >= 0.6 is 11.6 Å². The average molecular weight is 262 g/mol. The third-order valence-corrected chi connectivity index (χ3v) is 2.96. The van der Waals surface area contributed by atoms with Gasteiger partial charge in [0.05, 0.1) is 12.7 Å². The van der Waals surface area contributed by atoms with Crippen molar-refractivity contribution >= 4 is 11.6 Å². The van der Waals surface area contributed by atoms with Crippen molar-refractivity contribution < 1.29 is 4.74 Å². The maximum absolute atomic E-state index is 5.97. The number of benzene rings is 2. The molecular formula is C15H16ClNO. The second-order valence-electron chi connectivity index (χ2n) is 4.08. The number of nitrogens with two attached hydrogens (primary N) is 1. The molecule has 0 bridgehead atoms. The van der Waals surface area contributed by atoms with Crippen molar-refractivity contribution in [2.24, 2.45) is 5.73 Å². The molecule has 2 aromatic carbocycles. The van der Waals surface area contributed by atoms with Gasteiger partial charge in [-0.25, -0.2) is 0 Å². The summed E-state index contributed by atoms with van der Waals surface area (Å²) in [6.45, 7) is 0.988. The minimum absolute atomic E-state index is 0.121. The summed E-state index contributed by atoms with van der Waals surface area (Å²) in [4.78, 5) is 0. The number of rotatable bonds is 5. The van der Waals surface area contributed by atoms with Crippen LogP contribution in [-0.2, 0) is 11.3 Å². The molecule has 2 rings (SSSR count). The van der Waals surface area contributed by atoms with E-state index in [1.165, 1.54) is 0 Å². The first-order chi connectivity index (χ1) is 8.79. The van der Waals surface area contributed by atoms with Crippen molar-refractivity contribution in [2.45, 2.75) is 12.7 Å². The molecule has 0 aromatic heterocycles. The highest BCUT2D eigenvalue weighted by Gasteiger charge is 2.10. The molecule has 0 saturated heterocycles. The van der Waals surface area contributed by atoms with Crippen LogP contribution in [0.3, 0.4) is 0 Å². The van der Waals surface area contributed by atoms with Crippen LogP contribution in [0.5, 0.6) is 0 Å². The van der Waals surface area contributed by atoms with Gasteiger partial charge in [0.15, 0.2) is 0 Å². The highest BCUT2D eigenvalue weighted by atomic mass is 35.5. The lowest BCUT2D eigenvalue weighted by Gasteiger charge is -2.16. The summed E-state index contributed by atoms with van der Waals surface area (Å²) in [5.74, 6) is 0. The predicted octanol–water partition coefficient (Wildman–Crippen LogP) is 3.56. The molecule has 0 heterocycles. The lowest BCUT2D eigenvalue weighted by atomic mass is 10.1. The summed E-state index contributed by atoms with van der Waals surface area (Å²) in [5, 5.41) is 0.703. The van der Waals surface area contributed by atoms with Gasteiger partial charge in [-0.1, -0.05) is 54.1 Å². The summed E-state index contributed by atoms with van der Waals surface area (Å²) in [7, 11) is 0. The smallest absolute Gasteiger partial charge is 0.0952 e. The van der Waals surface area contributed by atoms with Crippen molar-refractivity contribution in [1.29, 1.82) is 0 Å². The second kappa shape index (κ2) is 6.55. The van der Waals surface area contributed by atoms with E-state index in [4.69, 9.17) is 22.1 Å². The van der Waals surface area contributed by atoms with Crippen molar-refractivity contribution in [3.63, 3.8) is 0 Å². The van der Waals surface area contributed by atoms with Gasteiger partial charge in [-0.15, -0.1) is 0 Å². The third kappa shape index (κ3) is 3.57. The van der Waals surface area contributed by atoms with E-state index in [2.05, 4.69) is 0 Å². The first-order valence-electron chi connectivity index (χ1n) is 5.90. The molecule has 1 atom stereocenters. The van der Waals surface area contributed by atoms with E-state index in [9.17, 15) is 0 Å². The topological polar surface area (TPSA) is 35.2 Å². The van der Waals surface area contributed by atoms with Gasteiger partial charge in [-0.2, -0.15) is 0 Å². The molecule has 2 N–H and O–H groups in total. The van der Waals surface area contributed by atoms with Gasteiger partial charge < -0.3 is 10.5 Å². The van der Waals surface area contributed by atoms with Crippen LogP contribution in [-0.4, -0.2) is 6.54 Å². The quantitative estimate of drug-likeness (QED) is 0.893. The van der Waals surface area contributed by atoms with E-state index in [0.29, 0.717) is 18.2 Å². The summed E-state index contributed by atoms with van der Waals surface area (Å²) < 4.78 is 5.83. The Morgan fingerprint density at radius 1 is 1.06 bits per heavy atom. The highest BCUT2D eigenvalue weighted by molar-refractivity contribution is 6.30. The van der Waals surface area contributed by atoms with Crippen LogP contribution in [0, 0.1) is 0 Å².